The molecular weight excluding hydrogens is 281 g/mol. The molecule has 0 heterocycles. The van der Waals surface area contributed by atoms with Gasteiger partial charge >= 0.3 is 5.97 Å². The van der Waals surface area contributed by atoms with E-state index in [0.29, 0.717) is 6.07 Å². The topological polar surface area (TPSA) is 124 Å². The molecule has 0 aliphatic heterocycles. The second-order valence-corrected chi connectivity index (χ2v) is 5.40. The number of hydrogen-bond acceptors (Lipinski definition) is 5. The van der Waals surface area contributed by atoms with Crippen molar-refractivity contribution in [3.8, 4) is 0 Å². The van der Waals surface area contributed by atoms with E-state index < -0.39 is 51.5 Å². The molecule has 4 N–H and O–H groups in total. The maximum atomic E-state index is 13.1. The van der Waals surface area contributed by atoms with Crippen molar-refractivity contribution in [1.82, 2.24) is 4.72 Å². The lowest BCUT2D eigenvalue weighted by atomic mass is 10.2. The number of nitrogens with one attached hydrogen (secondary N) is 1. The fourth-order valence-electron chi connectivity index (χ4n) is 1.19. The molecule has 0 saturated heterocycles. The highest BCUT2D eigenvalue weighted by molar-refractivity contribution is 7.89. The fourth-order valence-corrected chi connectivity index (χ4v) is 2.29. The quantitative estimate of drug-likeness (QED) is 0.542. The molecule has 0 aromatic heterocycles. The van der Waals surface area contributed by atoms with Gasteiger partial charge in [-0.1, -0.05) is 0 Å². The monoisotopic (exact) mass is 293 g/mol. The SMILES string of the molecule is O=C(O)c1cc(S(=O)(=O)NCC(O)CO)ccc1F. The van der Waals surface area contributed by atoms with E-state index in [0.717, 1.165) is 12.1 Å². The zero-order chi connectivity index (χ0) is 14.6. The molecule has 106 valence electrons. The summed E-state index contributed by atoms with van der Waals surface area (Å²) >= 11 is 0. The maximum absolute atomic E-state index is 13.1. The normalized spacial score (nSPS) is 13.2. The van der Waals surface area contributed by atoms with Crippen LogP contribution in [-0.2, 0) is 10.0 Å². The van der Waals surface area contributed by atoms with Crippen molar-refractivity contribution < 1.29 is 32.9 Å². The van der Waals surface area contributed by atoms with Crippen molar-refractivity contribution in [3.63, 3.8) is 0 Å². The van der Waals surface area contributed by atoms with Gasteiger partial charge in [-0.25, -0.2) is 22.3 Å². The molecule has 1 aromatic rings. The van der Waals surface area contributed by atoms with Crippen molar-refractivity contribution in [2.45, 2.75) is 11.0 Å². The lowest BCUT2D eigenvalue weighted by molar-refractivity contribution is 0.0691. The first-order valence-corrected chi connectivity index (χ1v) is 6.57. The average molecular weight is 293 g/mol. The van der Waals surface area contributed by atoms with Crippen molar-refractivity contribution in [1.29, 1.82) is 0 Å². The molecule has 7 nitrogen and oxygen atoms in total. The van der Waals surface area contributed by atoms with Crippen LogP contribution in [0.4, 0.5) is 4.39 Å². The Hall–Kier alpha value is -1.55. The molecule has 0 bridgehead atoms. The minimum atomic E-state index is -4.09. The molecule has 9 heteroatoms. The van der Waals surface area contributed by atoms with E-state index >= 15 is 0 Å². The first-order valence-electron chi connectivity index (χ1n) is 5.09. The van der Waals surface area contributed by atoms with E-state index in [1.807, 2.05) is 4.72 Å². The summed E-state index contributed by atoms with van der Waals surface area (Å²) in [4.78, 5) is 10.2. The van der Waals surface area contributed by atoms with E-state index in [2.05, 4.69) is 0 Å². The zero-order valence-corrected chi connectivity index (χ0v) is 10.4. The van der Waals surface area contributed by atoms with Gasteiger partial charge in [0.2, 0.25) is 10.0 Å². The van der Waals surface area contributed by atoms with Crippen LogP contribution in [0.5, 0.6) is 0 Å². The summed E-state index contributed by atoms with van der Waals surface area (Å²) in [6, 6.07) is 2.29. The van der Waals surface area contributed by atoms with E-state index in [9.17, 15) is 17.6 Å². The average Bonchev–Trinajstić information content (AvgIpc) is 2.35. The van der Waals surface area contributed by atoms with Gasteiger partial charge in [-0.15, -0.1) is 0 Å². The highest BCUT2D eigenvalue weighted by Crippen LogP contribution is 2.15. The van der Waals surface area contributed by atoms with Crippen LogP contribution in [0, 0.1) is 5.82 Å². The second-order valence-electron chi connectivity index (χ2n) is 3.64. The van der Waals surface area contributed by atoms with Crippen LogP contribution < -0.4 is 4.72 Å². The molecule has 1 aromatic carbocycles. The van der Waals surface area contributed by atoms with Gasteiger partial charge in [-0.05, 0) is 18.2 Å². The van der Waals surface area contributed by atoms with E-state index in [1.54, 1.807) is 0 Å². The third-order valence-electron chi connectivity index (χ3n) is 2.20. The Bertz CT molecular complexity index is 573. The van der Waals surface area contributed by atoms with Gasteiger partial charge in [0.15, 0.2) is 0 Å². The van der Waals surface area contributed by atoms with Crippen LogP contribution in [0.2, 0.25) is 0 Å². The molecule has 0 radical (unpaired) electrons. The standard InChI is InChI=1S/C10H12FNO6S/c11-9-2-1-7(3-8(9)10(15)16)19(17,18)12-4-6(14)5-13/h1-3,6,12-14H,4-5H2,(H,15,16). The van der Waals surface area contributed by atoms with Crippen LogP contribution in [0.3, 0.4) is 0 Å². The van der Waals surface area contributed by atoms with Gasteiger partial charge in [0.1, 0.15) is 5.82 Å². The molecule has 1 rings (SSSR count). The summed E-state index contributed by atoms with van der Waals surface area (Å²) in [6.45, 7) is -1.08. The lowest BCUT2D eigenvalue weighted by Crippen LogP contribution is -2.34. The summed E-state index contributed by atoms with van der Waals surface area (Å²) in [5.41, 5.74) is -0.773. The molecular formula is C10H12FNO6S. The first kappa shape index (κ1) is 15.5. The lowest BCUT2D eigenvalue weighted by Gasteiger charge is -2.10. The van der Waals surface area contributed by atoms with Crippen molar-refractivity contribution in [2.75, 3.05) is 13.2 Å². The molecule has 1 atom stereocenters. The Morgan fingerprint density at radius 2 is 2.05 bits per heavy atom. The number of aliphatic hydroxyl groups is 2. The number of aliphatic hydroxyl groups excluding tert-OH is 2. The van der Waals surface area contributed by atoms with Gasteiger partial charge in [-0.2, -0.15) is 0 Å². The van der Waals surface area contributed by atoms with E-state index in [-0.39, 0.29) is 0 Å². The maximum Gasteiger partial charge on any atom is 0.338 e. The number of halogens is 1. The Morgan fingerprint density at radius 3 is 2.58 bits per heavy atom. The minimum absolute atomic E-state index is 0.446. The Morgan fingerprint density at radius 1 is 1.42 bits per heavy atom. The number of aromatic carboxylic acids is 1. The number of hydrogen-bond donors (Lipinski definition) is 4. The molecule has 0 aliphatic rings. The van der Waals surface area contributed by atoms with Crippen molar-refractivity contribution >= 4 is 16.0 Å². The van der Waals surface area contributed by atoms with Crippen LogP contribution in [0.15, 0.2) is 23.1 Å². The minimum Gasteiger partial charge on any atom is -0.478 e. The van der Waals surface area contributed by atoms with Crippen molar-refractivity contribution in [3.05, 3.63) is 29.6 Å². The van der Waals surface area contributed by atoms with Gasteiger partial charge in [0.05, 0.1) is 23.2 Å². The van der Waals surface area contributed by atoms with Gasteiger partial charge in [0, 0.05) is 6.54 Å². The molecule has 1 unspecified atom stereocenters. The molecule has 0 aliphatic carbocycles. The predicted octanol–water partition coefficient (Wildman–Crippen LogP) is -0.845. The summed E-state index contributed by atoms with van der Waals surface area (Å²) in [5.74, 6) is -2.65. The molecule has 0 spiro atoms. The number of carbonyl (C=O) groups is 1. The molecule has 19 heavy (non-hydrogen) atoms. The number of rotatable bonds is 6. The third kappa shape index (κ3) is 3.96. The van der Waals surface area contributed by atoms with Gasteiger partial charge < -0.3 is 15.3 Å². The van der Waals surface area contributed by atoms with Crippen molar-refractivity contribution in [2.24, 2.45) is 0 Å². The number of sulfonamides is 1. The Kier molecular flexibility index (Phi) is 4.95. The van der Waals surface area contributed by atoms with Crippen LogP contribution in [0.1, 0.15) is 10.4 Å². The number of benzene rings is 1. The summed E-state index contributed by atoms with van der Waals surface area (Å²) < 4.78 is 38.5. The van der Waals surface area contributed by atoms with Gasteiger partial charge in [-0.3, -0.25) is 0 Å². The first-order chi connectivity index (χ1) is 8.77. The third-order valence-corrected chi connectivity index (χ3v) is 3.62. The number of carboxylic acids is 1. The van der Waals surface area contributed by atoms with Crippen LogP contribution in [0.25, 0.3) is 0 Å². The number of carboxylic acid groups (broad SMARTS) is 1. The Labute approximate surface area is 108 Å². The highest BCUT2D eigenvalue weighted by atomic mass is 32.2. The van der Waals surface area contributed by atoms with Crippen LogP contribution in [-0.4, -0.2) is 49.0 Å². The summed E-state index contributed by atoms with van der Waals surface area (Å²) in [6.07, 6.45) is -1.28. The predicted molar refractivity (Wildman–Crippen MR) is 61.6 cm³/mol. The van der Waals surface area contributed by atoms with E-state index in [4.69, 9.17) is 15.3 Å². The smallest absolute Gasteiger partial charge is 0.338 e. The zero-order valence-electron chi connectivity index (χ0n) is 9.58. The van der Waals surface area contributed by atoms with E-state index in [1.165, 1.54) is 0 Å². The summed E-state index contributed by atoms with van der Waals surface area (Å²) in [7, 11) is -4.09. The van der Waals surface area contributed by atoms with Crippen LogP contribution >= 0.6 is 0 Å². The Balaban J connectivity index is 3.02. The molecule has 0 saturated carbocycles. The van der Waals surface area contributed by atoms with Gasteiger partial charge in [0.25, 0.3) is 0 Å². The largest absolute Gasteiger partial charge is 0.478 e. The highest BCUT2D eigenvalue weighted by Gasteiger charge is 2.19. The fraction of sp³-hybridized carbons (Fsp3) is 0.300. The second kappa shape index (κ2) is 6.06. The molecule has 0 amide bonds. The summed E-state index contributed by atoms with van der Waals surface area (Å²) in [5, 5.41) is 26.3. The molecule has 0 fully saturated rings.